The van der Waals surface area contributed by atoms with Crippen LogP contribution in [0.2, 0.25) is 5.02 Å². The second-order valence-corrected chi connectivity index (χ2v) is 9.91. The first-order valence-corrected chi connectivity index (χ1v) is 12.0. The lowest BCUT2D eigenvalue weighted by Crippen LogP contribution is -2.40. The van der Waals surface area contributed by atoms with Crippen molar-refractivity contribution in [3.8, 4) is 11.8 Å². The van der Waals surface area contributed by atoms with Gasteiger partial charge in [-0.25, -0.2) is 4.98 Å². The quantitative estimate of drug-likeness (QED) is 0.398. The zero-order valence-electron chi connectivity index (χ0n) is 18.4. The highest BCUT2D eigenvalue weighted by molar-refractivity contribution is 7.22. The summed E-state index contributed by atoms with van der Waals surface area (Å²) in [7, 11) is 0. The van der Waals surface area contributed by atoms with E-state index in [0.717, 1.165) is 12.1 Å². The summed E-state index contributed by atoms with van der Waals surface area (Å²) in [6.45, 7) is 1.34. The molecule has 0 spiro atoms. The Bertz CT molecular complexity index is 1280. The Morgan fingerprint density at radius 2 is 2.00 bits per heavy atom. The van der Waals surface area contributed by atoms with Crippen molar-refractivity contribution in [2.24, 2.45) is 5.41 Å². The largest absolute Gasteiger partial charge is 0.492 e. The van der Waals surface area contributed by atoms with Gasteiger partial charge in [0.2, 0.25) is 0 Å². The number of fused-ring (bicyclic) bond motifs is 1. The molecule has 11 heteroatoms. The van der Waals surface area contributed by atoms with Crippen LogP contribution in [0.4, 0.5) is 18.3 Å². The predicted octanol–water partition coefficient (Wildman–Crippen LogP) is 6.17. The summed E-state index contributed by atoms with van der Waals surface area (Å²) in [4.78, 5) is 17.4. The van der Waals surface area contributed by atoms with Crippen LogP contribution >= 0.6 is 22.9 Å². The summed E-state index contributed by atoms with van der Waals surface area (Å²) in [6.07, 6.45) is -2.97. The summed E-state index contributed by atoms with van der Waals surface area (Å²) in [5, 5.41) is 19.9. The minimum absolute atomic E-state index is 0.144. The minimum Gasteiger partial charge on any atom is -0.492 e. The number of nitriles is 1. The highest BCUT2D eigenvalue weighted by Crippen LogP contribution is 2.40. The van der Waals surface area contributed by atoms with Crippen molar-refractivity contribution >= 4 is 44.3 Å². The number of aromatic nitrogens is 1. The van der Waals surface area contributed by atoms with Gasteiger partial charge in [0.25, 0.3) is 0 Å². The van der Waals surface area contributed by atoms with Gasteiger partial charge in [-0.15, -0.1) is 0 Å². The molecule has 1 N–H and O–H groups in total. The van der Waals surface area contributed by atoms with E-state index in [9.17, 15) is 23.2 Å². The van der Waals surface area contributed by atoms with E-state index < -0.39 is 23.1 Å². The summed E-state index contributed by atoms with van der Waals surface area (Å²) >= 11 is 7.38. The van der Waals surface area contributed by atoms with Crippen molar-refractivity contribution in [3.63, 3.8) is 0 Å². The smallest absolute Gasteiger partial charge is 0.416 e. The fourth-order valence-corrected chi connectivity index (χ4v) is 5.30. The molecule has 0 unspecified atom stereocenters. The number of thiazole rings is 1. The van der Waals surface area contributed by atoms with Crippen LogP contribution in [0, 0.1) is 16.7 Å². The lowest BCUT2D eigenvalue weighted by Gasteiger charge is -2.37. The van der Waals surface area contributed by atoms with Gasteiger partial charge in [0.05, 0.1) is 45.3 Å². The third-order valence-corrected chi connectivity index (χ3v) is 7.51. The number of hydrogen-bond donors (Lipinski definition) is 1. The van der Waals surface area contributed by atoms with Gasteiger partial charge in [0.15, 0.2) is 5.13 Å². The lowest BCUT2D eigenvalue weighted by molar-refractivity contribution is -0.138. The van der Waals surface area contributed by atoms with E-state index >= 15 is 0 Å². The first kappa shape index (κ1) is 25.1. The van der Waals surface area contributed by atoms with E-state index in [0.29, 0.717) is 64.0 Å². The summed E-state index contributed by atoms with van der Waals surface area (Å²) < 4.78 is 45.3. The molecule has 0 atom stereocenters. The predicted molar refractivity (Wildman–Crippen MR) is 127 cm³/mol. The Kier molecular flexibility index (Phi) is 7.10. The number of benzene rings is 2. The summed E-state index contributed by atoms with van der Waals surface area (Å²) in [6, 6.07) is 10.8. The maximum atomic E-state index is 13.0. The number of rotatable bonds is 7. The van der Waals surface area contributed by atoms with Crippen LogP contribution in [0.3, 0.4) is 0 Å². The molecule has 1 aliphatic rings. The lowest BCUT2D eigenvalue weighted by atomic mass is 9.77. The second-order valence-electron chi connectivity index (χ2n) is 8.49. The molecule has 6 nitrogen and oxygen atoms in total. The van der Waals surface area contributed by atoms with Crippen molar-refractivity contribution < 1.29 is 27.8 Å². The maximum Gasteiger partial charge on any atom is 0.416 e. The van der Waals surface area contributed by atoms with Gasteiger partial charge < -0.3 is 14.7 Å². The van der Waals surface area contributed by atoms with Crippen LogP contribution in [0.15, 0.2) is 36.4 Å². The molecule has 2 heterocycles. The van der Waals surface area contributed by atoms with E-state index in [1.165, 1.54) is 17.4 Å². The molecule has 35 heavy (non-hydrogen) atoms. The van der Waals surface area contributed by atoms with Crippen molar-refractivity contribution in [1.29, 1.82) is 5.26 Å². The average Bonchev–Trinajstić information content (AvgIpc) is 3.24. The number of piperidine rings is 1. The van der Waals surface area contributed by atoms with Crippen molar-refractivity contribution in [3.05, 3.63) is 52.5 Å². The van der Waals surface area contributed by atoms with Crippen LogP contribution in [0.1, 0.15) is 30.4 Å². The molecular formula is C24H21ClF3N3O3S. The molecule has 1 saturated heterocycles. The van der Waals surface area contributed by atoms with Gasteiger partial charge in [-0.2, -0.15) is 18.4 Å². The van der Waals surface area contributed by atoms with Crippen LogP contribution in [0.5, 0.6) is 5.75 Å². The summed E-state index contributed by atoms with van der Waals surface area (Å²) in [5.74, 6) is -0.578. The van der Waals surface area contributed by atoms with Crippen molar-refractivity contribution in [1.82, 2.24) is 4.98 Å². The van der Waals surface area contributed by atoms with E-state index in [1.54, 1.807) is 18.2 Å². The van der Waals surface area contributed by atoms with Crippen LogP contribution in [-0.4, -0.2) is 35.8 Å². The fourth-order valence-electron chi connectivity index (χ4n) is 4.07. The number of nitrogens with zero attached hydrogens (tertiary/aromatic N) is 3. The van der Waals surface area contributed by atoms with E-state index in [1.807, 2.05) is 4.90 Å². The SMILES string of the molecule is N#CC1(CCOc2cc(CC(=O)O)ccc2Cl)CCN(c2nc3ccc(C(F)(F)F)cc3s2)CC1. The zero-order valence-corrected chi connectivity index (χ0v) is 20.0. The number of carboxylic acids is 1. The number of halogens is 4. The monoisotopic (exact) mass is 523 g/mol. The Morgan fingerprint density at radius 1 is 1.26 bits per heavy atom. The molecule has 0 bridgehead atoms. The third kappa shape index (κ3) is 5.80. The maximum absolute atomic E-state index is 13.0. The Labute approximate surface area is 208 Å². The van der Waals surface area contributed by atoms with E-state index in [4.69, 9.17) is 21.4 Å². The van der Waals surface area contributed by atoms with Gasteiger partial charge in [-0.3, -0.25) is 4.79 Å². The number of alkyl halides is 3. The van der Waals surface area contributed by atoms with Gasteiger partial charge in [-0.05, 0) is 48.7 Å². The Hall–Kier alpha value is -3.03. The van der Waals surface area contributed by atoms with Crippen LogP contribution in [-0.2, 0) is 17.4 Å². The molecule has 0 amide bonds. The molecular weight excluding hydrogens is 503 g/mol. The summed E-state index contributed by atoms with van der Waals surface area (Å²) in [5.41, 5.74) is -0.221. The van der Waals surface area contributed by atoms with Gasteiger partial charge in [0.1, 0.15) is 5.75 Å². The van der Waals surface area contributed by atoms with Gasteiger partial charge in [0, 0.05) is 19.5 Å². The fraction of sp³-hybridized carbons (Fsp3) is 0.375. The van der Waals surface area contributed by atoms with Crippen LogP contribution < -0.4 is 9.64 Å². The average molecular weight is 524 g/mol. The van der Waals surface area contributed by atoms with Gasteiger partial charge in [-0.1, -0.05) is 29.0 Å². The molecule has 4 rings (SSSR count). The molecule has 1 aromatic heterocycles. The molecule has 0 saturated carbocycles. The molecule has 3 aromatic rings. The zero-order chi connectivity index (χ0) is 25.2. The Balaban J connectivity index is 1.38. The number of aliphatic carboxylic acids is 1. The Morgan fingerprint density at radius 3 is 2.66 bits per heavy atom. The van der Waals surface area contributed by atoms with E-state index in [-0.39, 0.29) is 13.0 Å². The first-order valence-electron chi connectivity index (χ1n) is 10.9. The van der Waals surface area contributed by atoms with Crippen molar-refractivity contribution in [2.75, 3.05) is 24.6 Å². The standard InChI is InChI=1S/C24H21ClF3N3O3S/c25-17-3-1-15(12-21(32)33)11-19(17)34-10-7-23(14-29)5-8-31(9-6-23)22-30-18-4-2-16(24(26,27)28)13-20(18)35-22/h1-4,11,13H,5-10,12H2,(H,32,33). The minimum atomic E-state index is -4.40. The topological polar surface area (TPSA) is 86.4 Å². The molecule has 184 valence electrons. The highest BCUT2D eigenvalue weighted by atomic mass is 35.5. The molecule has 0 aliphatic carbocycles. The first-order chi connectivity index (χ1) is 16.6. The number of anilines is 1. The van der Waals surface area contributed by atoms with Gasteiger partial charge >= 0.3 is 12.1 Å². The molecule has 0 radical (unpaired) electrons. The van der Waals surface area contributed by atoms with Crippen molar-refractivity contribution in [2.45, 2.75) is 31.9 Å². The number of ether oxygens (including phenoxy) is 1. The molecule has 1 aliphatic heterocycles. The van der Waals surface area contributed by atoms with Crippen LogP contribution in [0.25, 0.3) is 10.2 Å². The normalized spacial score (nSPS) is 15.7. The number of hydrogen-bond acceptors (Lipinski definition) is 6. The second kappa shape index (κ2) is 9.91. The molecule has 2 aromatic carbocycles. The number of carbonyl (C=O) groups is 1. The highest BCUT2D eigenvalue weighted by Gasteiger charge is 2.36. The third-order valence-electron chi connectivity index (χ3n) is 6.12. The number of carboxylic acid groups (broad SMARTS) is 1. The molecule has 1 fully saturated rings. The van der Waals surface area contributed by atoms with E-state index in [2.05, 4.69) is 11.1 Å².